The van der Waals surface area contributed by atoms with Crippen LogP contribution < -0.4 is 9.47 Å². The minimum Gasteiger partial charge on any atom is -0.493 e. The first kappa shape index (κ1) is 27.5. The third-order valence-corrected chi connectivity index (χ3v) is 7.95. The lowest BCUT2D eigenvalue weighted by Gasteiger charge is -2.28. The molecule has 0 spiro atoms. The number of hydrogen-bond acceptors (Lipinski definition) is 3. The molecule has 1 aliphatic rings. The Bertz CT molecular complexity index is 1300. The molecule has 0 saturated heterocycles. The van der Waals surface area contributed by atoms with E-state index in [1.165, 1.54) is 11.1 Å². The Labute approximate surface area is 238 Å². The largest absolute Gasteiger partial charge is 0.493 e. The highest BCUT2D eigenvalue weighted by Crippen LogP contribution is 2.33. The molecular formula is C36H39NO3. The molecule has 0 atom stereocenters. The van der Waals surface area contributed by atoms with E-state index >= 15 is 0 Å². The van der Waals surface area contributed by atoms with E-state index in [2.05, 4.69) is 71.6 Å². The average molecular weight is 534 g/mol. The van der Waals surface area contributed by atoms with Gasteiger partial charge in [0.25, 0.3) is 0 Å². The van der Waals surface area contributed by atoms with Crippen molar-refractivity contribution in [2.24, 2.45) is 5.92 Å². The normalized spacial score (nSPS) is 13.3. The molecule has 0 N–H and O–H groups in total. The van der Waals surface area contributed by atoms with Crippen molar-refractivity contribution in [3.05, 3.63) is 131 Å². The van der Waals surface area contributed by atoms with Gasteiger partial charge in [-0.25, -0.2) is 0 Å². The van der Waals surface area contributed by atoms with Crippen LogP contribution in [-0.2, 0) is 17.9 Å². The van der Waals surface area contributed by atoms with Crippen molar-refractivity contribution in [1.82, 2.24) is 4.90 Å². The number of carbonyl (C=O) groups excluding carboxylic acids is 1. The summed E-state index contributed by atoms with van der Waals surface area (Å²) in [5.74, 6) is 2.03. The third-order valence-electron chi connectivity index (χ3n) is 7.95. The number of benzene rings is 4. The van der Waals surface area contributed by atoms with Crippen LogP contribution in [0, 0.1) is 5.92 Å². The van der Waals surface area contributed by atoms with Crippen LogP contribution in [-0.4, -0.2) is 24.5 Å². The van der Waals surface area contributed by atoms with E-state index in [9.17, 15) is 4.79 Å². The second kappa shape index (κ2) is 13.8. The zero-order valence-electron chi connectivity index (χ0n) is 23.4. The Morgan fingerprint density at radius 2 is 1.38 bits per heavy atom. The molecule has 0 aromatic heterocycles. The van der Waals surface area contributed by atoms with Crippen molar-refractivity contribution in [3.8, 4) is 11.5 Å². The highest BCUT2D eigenvalue weighted by Gasteiger charge is 2.28. The summed E-state index contributed by atoms with van der Waals surface area (Å²) in [4.78, 5) is 15.9. The van der Waals surface area contributed by atoms with Crippen molar-refractivity contribution in [1.29, 1.82) is 0 Å². The second-order valence-electron chi connectivity index (χ2n) is 10.7. The van der Waals surface area contributed by atoms with Gasteiger partial charge in [-0.15, -0.1) is 0 Å². The number of methoxy groups -OCH3 is 1. The van der Waals surface area contributed by atoms with E-state index in [1.807, 2.05) is 42.5 Å². The first-order valence-electron chi connectivity index (χ1n) is 14.4. The summed E-state index contributed by atoms with van der Waals surface area (Å²) in [5.41, 5.74) is 4.71. The average Bonchev–Trinajstić information content (AvgIpc) is 3.56. The lowest BCUT2D eigenvalue weighted by Crippen LogP contribution is -2.36. The maximum Gasteiger partial charge on any atom is 0.225 e. The zero-order chi connectivity index (χ0) is 27.6. The molecule has 1 aliphatic carbocycles. The summed E-state index contributed by atoms with van der Waals surface area (Å²) in [6.45, 7) is 1.72. The first-order valence-corrected chi connectivity index (χ1v) is 14.4. The molecule has 5 rings (SSSR count). The van der Waals surface area contributed by atoms with Crippen molar-refractivity contribution in [3.63, 3.8) is 0 Å². The quantitative estimate of drug-likeness (QED) is 0.185. The van der Waals surface area contributed by atoms with Gasteiger partial charge >= 0.3 is 0 Å². The molecule has 1 amide bonds. The molecule has 0 aliphatic heterocycles. The van der Waals surface area contributed by atoms with Crippen LogP contribution in [0.5, 0.6) is 11.5 Å². The lowest BCUT2D eigenvalue weighted by molar-refractivity contribution is -0.136. The smallest absolute Gasteiger partial charge is 0.225 e. The monoisotopic (exact) mass is 533 g/mol. The SMILES string of the molecule is COc1cc(CN(CCC(c2ccccc2)c2ccccc2)C(=O)C2CCCC2)ccc1OCc1ccccc1. The van der Waals surface area contributed by atoms with Gasteiger partial charge in [-0.05, 0) is 53.6 Å². The fourth-order valence-corrected chi connectivity index (χ4v) is 5.76. The van der Waals surface area contributed by atoms with E-state index in [1.54, 1.807) is 7.11 Å². The molecule has 1 saturated carbocycles. The highest BCUT2D eigenvalue weighted by molar-refractivity contribution is 5.79. The van der Waals surface area contributed by atoms with Crippen molar-refractivity contribution >= 4 is 5.91 Å². The van der Waals surface area contributed by atoms with Gasteiger partial charge in [0.2, 0.25) is 5.91 Å². The minimum absolute atomic E-state index is 0.127. The Balaban J connectivity index is 1.34. The van der Waals surface area contributed by atoms with E-state index in [4.69, 9.17) is 9.47 Å². The number of amides is 1. The number of ether oxygens (including phenoxy) is 2. The van der Waals surface area contributed by atoms with Gasteiger partial charge in [-0.1, -0.05) is 110 Å². The van der Waals surface area contributed by atoms with Crippen LogP contribution in [0.15, 0.2) is 109 Å². The summed E-state index contributed by atoms with van der Waals surface area (Å²) in [6.07, 6.45) is 5.13. The molecule has 4 aromatic carbocycles. The van der Waals surface area contributed by atoms with Crippen LogP contribution in [0.4, 0.5) is 0 Å². The van der Waals surface area contributed by atoms with Crippen LogP contribution in [0.25, 0.3) is 0 Å². The first-order chi connectivity index (χ1) is 19.7. The van der Waals surface area contributed by atoms with Crippen LogP contribution in [0.3, 0.4) is 0 Å². The van der Waals surface area contributed by atoms with Gasteiger partial charge in [0.05, 0.1) is 7.11 Å². The number of hydrogen-bond donors (Lipinski definition) is 0. The minimum atomic E-state index is 0.127. The molecule has 0 bridgehead atoms. The zero-order valence-corrected chi connectivity index (χ0v) is 23.4. The van der Waals surface area contributed by atoms with Gasteiger partial charge in [0.15, 0.2) is 11.5 Å². The maximum absolute atomic E-state index is 13.8. The highest BCUT2D eigenvalue weighted by atomic mass is 16.5. The third kappa shape index (κ3) is 7.12. The molecule has 1 fully saturated rings. The van der Waals surface area contributed by atoms with Gasteiger partial charge in [0, 0.05) is 24.9 Å². The molecule has 4 aromatic rings. The second-order valence-corrected chi connectivity index (χ2v) is 10.7. The predicted octanol–water partition coefficient (Wildman–Crippen LogP) is 8.02. The van der Waals surface area contributed by atoms with E-state index in [-0.39, 0.29) is 17.7 Å². The van der Waals surface area contributed by atoms with Gasteiger partial charge in [0.1, 0.15) is 6.61 Å². The summed E-state index contributed by atoms with van der Waals surface area (Å²) >= 11 is 0. The standard InChI is InChI=1S/C36H39NO3/c1-39-35-25-29(21-22-34(35)40-27-28-13-5-2-6-14-28)26-37(36(38)32-19-11-12-20-32)24-23-33(30-15-7-3-8-16-30)31-17-9-4-10-18-31/h2-10,13-18,21-22,25,32-33H,11-12,19-20,23-24,26-27H2,1H3. The van der Waals surface area contributed by atoms with Gasteiger partial charge < -0.3 is 14.4 Å². The maximum atomic E-state index is 13.8. The molecule has 0 unspecified atom stereocenters. The number of nitrogens with zero attached hydrogens (tertiary/aromatic N) is 1. The van der Waals surface area contributed by atoms with E-state index in [0.29, 0.717) is 31.2 Å². The van der Waals surface area contributed by atoms with Crippen LogP contribution >= 0.6 is 0 Å². The Kier molecular flexibility index (Phi) is 9.52. The summed E-state index contributed by atoms with van der Waals surface area (Å²) < 4.78 is 11.8. The van der Waals surface area contributed by atoms with Gasteiger partial charge in [-0.3, -0.25) is 4.79 Å². The molecule has 40 heavy (non-hydrogen) atoms. The fourth-order valence-electron chi connectivity index (χ4n) is 5.76. The Morgan fingerprint density at radius 1 is 0.775 bits per heavy atom. The summed E-state index contributed by atoms with van der Waals surface area (Å²) in [5, 5.41) is 0. The van der Waals surface area contributed by atoms with Gasteiger partial charge in [-0.2, -0.15) is 0 Å². The topological polar surface area (TPSA) is 38.8 Å². The van der Waals surface area contributed by atoms with E-state index in [0.717, 1.165) is 43.2 Å². The number of rotatable bonds is 12. The Hall–Kier alpha value is -4.05. The molecule has 0 heterocycles. The van der Waals surface area contributed by atoms with Crippen LogP contribution in [0.1, 0.15) is 60.3 Å². The lowest BCUT2D eigenvalue weighted by atomic mass is 9.88. The summed E-state index contributed by atoms with van der Waals surface area (Å²) in [7, 11) is 1.67. The predicted molar refractivity (Wildman–Crippen MR) is 160 cm³/mol. The molecular weight excluding hydrogens is 494 g/mol. The van der Waals surface area contributed by atoms with Crippen LogP contribution in [0.2, 0.25) is 0 Å². The Morgan fingerprint density at radius 3 is 1.98 bits per heavy atom. The molecule has 0 radical (unpaired) electrons. The van der Waals surface area contributed by atoms with E-state index < -0.39 is 0 Å². The van der Waals surface area contributed by atoms with Crippen molar-refractivity contribution in [2.45, 2.75) is 51.2 Å². The molecule has 4 nitrogen and oxygen atoms in total. The van der Waals surface area contributed by atoms with Crippen molar-refractivity contribution in [2.75, 3.05) is 13.7 Å². The van der Waals surface area contributed by atoms with Crippen molar-refractivity contribution < 1.29 is 14.3 Å². The summed E-state index contributed by atoms with van der Waals surface area (Å²) in [6, 6.07) is 37.4. The molecule has 4 heteroatoms. The number of carbonyl (C=O) groups is 1. The molecule has 206 valence electrons. The fraction of sp³-hybridized carbons (Fsp3) is 0.306.